The normalized spacial score (nSPS) is 27.8. The van der Waals surface area contributed by atoms with Gasteiger partial charge in [0.25, 0.3) is 0 Å². The lowest BCUT2D eigenvalue weighted by atomic mass is 10.1. The first-order valence-corrected chi connectivity index (χ1v) is 5.73. The molecule has 0 aromatic heterocycles. The summed E-state index contributed by atoms with van der Waals surface area (Å²) in [6.07, 6.45) is 3.34. The van der Waals surface area contributed by atoms with E-state index in [4.69, 9.17) is 0 Å². The van der Waals surface area contributed by atoms with Crippen molar-refractivity contribution in [3.8, 4) is 0 Å². The van der Waals surface area contributed by atoms with Gasteiger partial charge >= 0.3 is 0 Å². The van der Waals surface area contributed by atoms with Gasteiger partial charge in [0.1, 0.15) is 0 Å². The Morgan fingerprint density at radius 2 is 1.93 bits per heavy atom. The molecule has 0 aromatic carbocycles. The van der Waals surface area contributed by atoms with Crippen LogP contribution in [-0.4, -0.2) is 29.1 Å². The zero-order valence-electron chi connectivity index (χ0n) is 9.71. The molecule has 1 heterocycles. The van der Waals surface area contributed by atoms with E-state index in [2.05, 4.69) is 26.1 Å². The minimum absolute atomic E-state index is 0.000509. The van der Waals surface area contributed by atoms with Crippen LogP contribution in [0.3, 0.4) is 0 Å². The number of rotatable bonds is 4. The zero-order valence-corrected chi connectivity index (χ0v) is 9.71. The molecule has 0 spiro atoms. The molecule has 0 bridgehead atoms. The number of hydrogen-bond acceptors (Lipinski definition) is 2. The molecule has 0 aromatic rings. The van der Waals surface area contributed by atoms with Crippen molar-refractivity contribution in [2.45, 2.75) is 65.2 Å². The average Bonchev–Trinajstić information content (AvgIpc) is 2.47. The van der Waals surface area contributed by atoms with Crippen LogP contribution in [0.25, 0.3) is 0 Å². The Balaban J connectivity index is 2.77. The van der Waals surface area contributed by atoms with Gasteiger partial charge in [0.2, 0.25) is 5.91 Å². The van der Waals surface area contributed by atoms with Gasteiger partial charge in [-0.15, -0.1) is 0 Å². The highest BCUT2D eigenvalue weighted by Crippen LogP contribution is 2.20. The lowest BCUT2D eigenvalue weighted by Crippen LogP contribution is -2.43. The molecule has 1 aliphatic rings. The number of nitrogens with zero attached hydrogens (tertiary/aromatic N) is 1. The van der Waals surface area contributed by atoms with Gasteiger partial charge in [-0.2, -0.15) is 0 Å². The molecule has 0 radical (unpaired) electrons. The number of carbonyl (C=O) groups is 1. The summed E-state index contributed by atoms with van der Waals surface area (Å²) in [5.74, 6) is 0.269. The fraction of sp³-hybridized carbons (Fsp3) is 0.909. The molecule has 1 rings (SSSR count). The van der Waals surface area contributed by atoms with Crippen LogP contribution in [0.4, 0.5) is 0 Å². The summed E-state index contributed by atoms with van der Waals surface area (Å²) in [6, 6.07) is 0.408. The second-order valence-corrected chi connectivity index (χ2v) is 4.03. The smallest absolute Gasteiger partial charge is 0.240 e. The zero-order chi connectivity index (χ0) is 10.7. The highest BCUT2D eigenvalue weighted by molar-refractivity contribution is 5.84. The van der Waals surface area contributed by atoms with Crippen molar-refractivity contribution < 1.29 is 4.79 Å². The number of amides is 1. The van der Waals surface area contributed by atoms with Gasteiger partial charge in [-0.3, -0.25) is 10.1 Å². The van der Waals surface area contributed by atoms with E-state index in [0.717, 1.165) is 19.3 Å². The standard InChI is InChI=1S/C11H22N2O/c1-5-9(6-2)13-10(7-3)12-8(4)11(13)14/h8-10,12H,5-7H2,1-4H3. The summed E-state index contributed by atoms with van der Waals surface area (Å²) >= 11 is 0. The second kappa shape index (κ2) is 4.78. The third kappa shape index (κ3) is 1.92. The number of nitrogens with one attached hydrogen (secondary N) is 1. The molecule has 1 fully saturated rings. The molecule has 2 unspecified atom stereocenters. The van der Waals surface area contributed by atoms with Crippen LogP contribution in [-0.2, 0) is 4.79 Å². The van der Waals surface area contributed by atoms with Crippen molar-refractivity contribution in [1.29, 1.82) is 0 Å². The summed E-state index contributed by atoms with van der Waals surface area (Å²) in [5.41, 5.74) is 0. The van der Waals surface area contributed by atoms with Crippen LogP contribution in [0.1, 0.15) is 47.0 Å². The maximum Gasteiger partial charge on any atom is 0.240 e. The third-order valence-electron chi connectivity index (χ3n) is 3.13. The summed E-state index contributed by atoms with van der Waals surface area (Å²) in [5, 5.41) is 3.33. The Labute approximate surface area is 86.9 Å². The first-order valence-electron chi connectivity index (χ1n) is 5.73. The third-order valence-corrected chi connectivity index (χ3v) is 3.13. The Morgan fingerprint density at radius 1 is 1.36 bits per heavy atom. The number of carbonyl (C=O) groups excluding carboxylic acids is 1. The molecule has 3 heteroatoms. The lowest BCUT2D eigenvalue weighted by Gasteiger charge is -2.31. The van der Waals surface area contributed by atoms with Crippen molar-refractivity contribution in [2.75, 3.05) is 0 Å². The second-order valence-electron chi connectivity index (χ2n) is 4.03. The van der Waals surface area contributed by atoms with Crippen molar-refractivity contribution in [1.82, 2.24) is 10.2 Å². The van der Waals surface area contributed by atoms with Gasteiger partial charge < -0.3 is 4.90 Å². The summed E-state index contributed by atoms with van der Waals surface area (Å²) in [6.45, 7) is 8.38. The first kappa shape index (κ1) is 11.5. The van der Waals surface area contributed by atoms with Crippen LogP contribution in [0.15, 0.2) is 0 Å². The molecule has 1 saturated heterocycles. The molecular formula is C11H22N2O. The monoisotopic (exact) mass is 198 g/mol. The molecule has 0 aliphatic carbocycles. The Bertz CT molecular complexity index is 194. The van der Waals surface area contributed by atoms with Gasteiger partial charge in [-0.25, -0.2) is 0 Å². The molecule has 14 heavy (non-hydrogen) atoms. The van der Waals surface area contributed by atoms with Gasteiger partial charge in [0.05, 0.1) is 12.2 Å². The maximum absolute atomic E-state index is 11.9. The molecule has 3 nitrogen and oxygen atoms in total. The molecule has 1 aliphatic heterocycles. The van der Waals surface area contributed by atoms with Gasteiger partial charge in [0.15, 0.2) is 0 Å². The molecule has 2 atom stereocenters. The van der Waals surface area contributed by atoms with E-state index in [0.29, 0.717) is 6.04 Å². The van der Waals surface area contributed by atoms with Crippen molar-refractivity contribution in [2.24, 2.45) is 0 Å². The molecule has 1 N–H and O–H groups in total. The molecular weight excluding hydrogens is 176 g/mol. The predicted octanol–water partition coefficient (Wildman–Crippen LogP) is 1.73. The van der Waals surface area contributed by atoms with E-state index in [9.17, 15) is 4.79 Å². The minimum Gasteiger partial charge on any atom is -0.323 e. The van der Waals surface area contributed by atoms with Crippen LogP contribution in [0.5, 0.6) is 0 Å². The summed E-state index contributed by atoms with van der Waals surface area (Å²) in [7, 11) is 0. The van der Waals surface area contributed by atoms with Gasteiger partial charge in [-0.05, 0) is 26.2 Å². The van der Waals surface area contributed by atoms with Crippen LogP contribution >= 0.6 is 0 Å². The largest absolute Gasteiger partial charge is 0.323 e. The number of hydrogen-bond donors (Lipinski definition) is 1. The Morgan fingerprint density at radius 3 is 2.36 bits per heavy atom. The summed E-state index contributed by atoms with van der Waals surface area (Å²) in [4.78, 5) is 13.9. The maximum atomic E-state index is 11.9. The van der Waals surface area contributed by atoms with Crippen LogP contribution < -0.4 is 5.32 Å². The van der Waals surface area contributed by atoms with E-state index in [1.54, 1.807) is 0 Å². The Hall–Kier alpha value is -0.570. The highest BCUT2D eigenvalue weighted by atomic mass is 16.2. The first-order chi connectivity index (χ1) is 6.65. The van der Waals surface area contributed by atoms with Crippen LogP contribution in [0, 0.1) is 0 Å². The predicted molar refractivity (Wildman–Crippen MR) is 57.9 cm³/mol. The van der Waals surface area contributed by atoms with Crippen molar-refractivity contribution >= 4 is 5.91 Å². The summed E-state index contributed by atoms with van der Waals surface area (Å²) < 4.78 is 0. The average molecular weight is 198 g/mol. The molecule has 1 amide bonds. The molecule has 82 valence electrons. The van der Waals surface area contributed by atoms with E-state index in [1.165, 1.54) is 0 Å². The van der Waals surface area contributed by atoms with Gasteiger partial charge in [-0.1, -0.05) is 20.8 Å². The lowest BCUT2D eigenvalue weighted by molar-refractivity contribution is -0.132. The highest BCUT2D eigenvalue weighted by Gasteiger charge is 2.37. The van der Waals surface area contributed by atoms with E-state index >= 15 is 0 Å². The van der Waals surface area contributed by atoms with Gasteiger partial charge in [0, 0.05) is 6.04 Å². The fourth-order valence-electron chi connectivity index (χ4n) is 2.25. The SMILES string of the molecule is CCC(CC)N1C(=O)C(C)NC1CC. The van der Waals surface area contributed by atoms with Crippen molar-refractivity contribution in [3.63, 3.8) is 0 Å². The van der Waals surface area contributed by atoms with E-state index in [1.807, 2.05) is 11.8 Å². The van der Waals surface area contributed by atoms with Crippen LogP contribution in [0.2, 0.25) is 0 Å². The van der Waals surface area contributed by atoms with E-state index < -0.39 is 0 Å². The fourth-order valence-corrected chi connectivity index (χ4v) is 2.25. The molecule has 0 saturated carbocycles. The minimum atomic E-state index is 0.000509. The van der Waals surface area contributed by atoms with Crippen molar-refractivity contribution in [3.05, 3.63) is 0 Å². The quantitative estimate of drug-likeness (QED) is 0.746. The van der Waals surface area contributed by atoms with E-state index in [-0.39, 0.29) is 18.1 Å². The topological polar surface area (TPSA) is 32.3 Å². The Kier molecular flexibility index (Phi) is 3.93.